The lowest BCUT2D eigenvalue weighted by atomic mass is 10.2. The van der Waals surface area contributed by atoms with E-state index in [0.717, 1.165) is 6.07 Å². The number of amides is 1. The number of carbonyl (C=O) groups excluding carboxylic acids is 2. The van der Waals surface area contributed by atoms with E-state index in [1.54, 1.807) is 0 Å². The van der Waals surface area contributed by atoms with Crippen molar-refractivity contribution in [3.05, 3.63) is 58.9 Å². The fraction of sp³-hybridized carbons (Fsp3) is 0.188. The second-order valence-electron chi connectivity index (χ2n) is 4.88. The first kappa shape index (κ1) is 19.5. The standard InChI is InChI=1S/C16H12ClF3N2O4/c17-13-6-5-11(8-21-13)15(24)25-9-14(23)22-7-10-3-1-2-4-12(10)26-16(18,19)20/h1-6,8H,7,9H2,(H,22,23). The molecule has 1 aromatic carbocycles. The summed E-state index contributed by atoms with van der Waals surface area (Å²) in [6, 6.07) is 8.12. The summed E-state index contributed by atoms with van der Waals surface area (Å²) in [6.07, 6.45) is -3.66. The molecule has 138 valence electrons. The number of nitrogens with zero attached hydrogens (tertiary/aromatic N) is 1. The molecule has 0 aliphatic carbocycles. The Bertz CT molecular complexity index is 782. The number of nitrogens with one attached hydrogen (secondary N) is 1. The van der Waals surface area contributed by atoms with Gasteiger partial charge in [0, 0.05) is 18.3 Å². The first-order chi connectivity index (χ1) is 12.2. The van der Waals surface area contributed by atoms with E-state index in [1.807, 2.05) is 0 Å². The van der Waals surface area contributed by atoms with E-state index in [4.69, 9.17) is 16.3 Å². The topological polar surface area (TPSA) is 77.5 Å². The Morgan fingerprint density at radius 3 is 2.54 bits per heavy atom. The average molecular weight is 389 g/mol. The molecule has 26 heavy (non-hydrogen) atoms. The van der Waals surface area contributed by atoms with Gasteiger partial charge in [0.2, 0.25) is 0 Å². The largest absolute Gasteiger partial charge is 0.573 e. The highest BCUT2D eigenvalue weighted by atomic mass is 35.5. The molecular formula is C16H12ClF3N2O4. The van der Waals surface area contributed by atoms with Gasteiger partial charge in [-0.3, -0.25) is 4.79 Å². The molecule has 0 aliphatic rings. The molecule has 1 amide bonds. The summed E-state index contributed by atoms with van der Waals surface area (Å²) < 4.78 is 45.7. The van der Waals surface area contributed by atoms with Gasteiger partial charge in [0.15, 0.2) is 6.61 Å². The highest BCUT2D eigenvalue weighted by molar-refractivity contribution is 6.29. The number of hydrogen-bond donors (Lipinski definition) is 1. The predicted molar refractivity (Wildman–Crippen MR) is 84.5 cm³/mol. The Balaban J connectivity index is 1.85. The SMILES string of the molecule is O=C(COC(=O)c1ccc(Cl)nc1)NCc1ccccc1OC(F)(F)F. The summed E-state index contributed by atoms with van der Waals surface area (Å²) in [6.45, 7) is -0.838. The number of benzene rings is 1. The highest BCUT2D eigenvalue weighted by Gasteiger charge is 2.31. The molecule has 1 heterocycles. The summed E-state index contributed by atoms with van der Waals surface area (Å²) in [5.41, 5.74) is 0.220. The zero-order chi connectivity index (χ0) is 19.2. The van der Waals surface area contributed by atoms with Crippen molar-refractivity contribution < 1.29 is 32.2 Å². The van der Waals surface area contributed by atoms with Gasteiger partial charge in [-0.2, -0.15) is 0 Å². The fourth-order valence-corrected chi connectivity index (χ4v) is 1.94. The summed E-state index contributed by atoms with van der Waals surface area (Å²) in [7, 11) is 0. The average Bonchev–Trinajstić information content (AvgIpc) is 2.58. The summed E-state index contributed by atoms with van der Waals surface area (Å²) >= 11 is 5.59. The van der Waals surface area contributed by atoms with Crippen molar-refractivity contribution in [2.45, 2.75) is 12.9 Å². The van der Waals surface area contributed by atoms with Gasteiger partial charge < -0.3 is 14.8 Å². The number of hydrogen-bond acceptors (Lipinski definition) is 5. The van der Waals surface area contributed by atoms with Crippen molar-refractivity contribution in [1.82, 2.24) is 10.3 Å². The lowest BCUT2D eigenvalue weighted by Gasteiger charge is -2.13. The number of halogens is 4. The smallest absolute Gasteiger partial charge is 0.452 e. The maximum Gasteiger partial charge on any atom is 0.573 e. The third kappa shape index (κ3) is 6.25. The van der Waals surface area contributed by atoms with Crippen LogP contribution in [0, 0.1) is 0 Å². The molecule has 0 saturated heterocycles. The first-order valence-electron chi connectivity index (χ1n) is 7.13. The highest BCUT2D eigenvalue weighted by Crippen LogP contribution is 2.26. The zero-order valence-electron chi connectivity index (χ0n) is 13.0. The second-order valence-corrected chi connectivity index (χ2v) is 5.27. The number of carbonyl (C=O) groups is 2. The molecule has 2 aromatic rings. The van der Waals surface area contributed by atoms with Gasteiger partial charge in [-0.05, 0) is 18.2 Å². The second kappa shape index (κ2) is 8.52. The van der Waals surface area contributed by atoms with Crippen molar-refractivity contribution in [2.75, 3.05) is 6.61 Å². The van der Waals surface area contributed by atoms with E-state index in [9.17, 15) is 22.8 Å². The number of para-hydroxylation sites is 1. The van der Waals surface area contributed by atoms with Crippen LogP contribution in [0.3, 0.4) is 0 Å². The molecule has 6 nitrogen and oxygen atoms in total. The molecule has 0 aliphatic heterocycles. The maximum absolute atomic E-state index is 12.3. The molecule has 0 unspecified atom stereocenters. The number of pyridine rings is 1. The first-order valence-corrected chi connectivity index (χ1v) is 7.51. The van der Waals surface area contributed by atoms with Crippen LogP contribution in [0.2, 0.25) is 5.15 Å². The molecule has 0 atom stereocenters. The minimum Gasteiger partial charge on any atom is -0.452 e. The fourth-order valence-electron chi connectivity index (χ4n) is 1.83. The molecule has 2 rings (SSSR count). The maximum atomic E-state index is 12.3. The zero-order valence-corrected chi connectivity index (χ0v) is 13.8. The summed E-state index contributed by atoms with van der Waals surface area (Å²) in [5, 5.41) is 2.53. The van der Waals surface area contributed by atoms with E-state index >= 15 is 0 Å². The van der Waals surface area contributed by atoms with E-state index in [2.05, 4.69) is 15.0 Å². The minimum atomic E-state index is -4.84. The van der Waals surface area contributed by atoms with E-state index in [1.165, 1.54) is 36.5 Å². The van der Waals surface area contributed by atoms with Crippen LogP contribution in [0.15, 0.2) is 42.6 Å². The molecule has 0 saturated carbocycles. The molecule has 1 aromatic heterocycles. The number of alkyl halides is 3. The van der Waals surface area contributed by atoms with Crippen molar-refractivity contribution in [3.63, 3.8) is 0 Å². The summed E-state index contributed by atoms with van der Waals surface area (Å²) in [5.74, 6) is -1.91. The van der Waals surface area contributed by atoms with Crippen molar-refractivity contribution in [2.24, 2.45) is 0 Å². The van der Waals surface area contributed by atoms with Gasteiger partial charge in [0.1, 0.15) is 10.9 Å². The van der Waals surface area contributed by atoms with Gasteiger partial charge in [0.05, 0.1) is 5.56 Å². The van der Waals surface area contributed by atoms with Gasteiger partial charge in [-0.1, -0.05) is 29.8 Å². The van der Waals surface area contributed by atoms with Gasteiger partial charge >= 0.3 is 12.3 Å². The Hall–Kier alpha value is -2.81. The molecule has 0 spiro atoms. The van der Waals surface area contributed by atoms with Crippen LogP contribution >= 0.6 is 11.6 Å². The van der Waals surface area contributed by atoms with Gasteiger partial charge in [-0.25, -0.2) is 9.78 Å². The quantitative estimate of drug-likeness (QED) is 0.607. The van der Waals surface area contributed by atoms with Crippen LogP contribution in [-0.2, 0) is 16.1 Å². The van der Waals surface area contributed by atoms with Crippen LogP contribution in [0.25, 0.3) is 0 Å². The van der Waals surface area contributed by atoms with Crippen LogP contribution < -0.4 is 10.1 Å². The molecule has 0 bridgehead atoms. The lowest BCUT2D eigenvalue weighted by molar-refractivity contribution is -0.274. The Morgan fingerprint density at radius 2 is 1.88 bits per heavy atom. The molecule has 0 radical (unpaired) electrons. The van der Waals surface area contributed by atoms with E-state index < -0.39 is 30.6 Å². The Morgan fingerprint density at radius 1 is 1.15 bits per heavy atom. The third-order valence-corrected chi connectivity index (χ3v) is 3.20. The van der Waals surface area contributed by atoms with Crippen molar-refractivity contribution >= 4 is 23.5 Å². The summed E-state index contributed by atoms with van der Waals surface area (Å²) in [4.78, 5) is 27.1. The Labute approximate surface area is 150 Å². The van der Waals surface area contributed by atoms with Crippen LogP contribution in [0.4, 0.5) is 13.2 Å². The number of esters is 1. The molecular weight excluding hydrogens is 377 g/mol. The molecule has 10 heteroatoms. The van der Waals surface area contributed by atoms with Gasteiger partial charge in [0.25, 0.3) is 5.91 Å². The van der Waals surface area contributed by atoms with Crippen LogP contribution in [0.5, 0.6) is 5.75 Å². The minimum absolute atomic E-state index is 0.103. The Kier molecular flexibility index (Phi) is 6.40. The van der Waals surface area contributed by atoms with Crippen LogP contribution in [0.1, 0.15) is 15.9 Å². The molecule has 1 N–H and O–H groups in total. The number of rotatable bonds is 6. The predicted octanol–water partition coefficient (Wildman–Crippen LogP) is 3.11. The van der Waals surface area contributed by atoms with Crippen molar-refractivity contribution in [1.29, 1.82) is 0 Å². The number of aromatic nitrogens is 1. The van der Waals surface area contributed by atoms with E-state index in [-0.39, 0.29) is 22.8 Å². The van der Waals surface area contributed by atoms with Crippen LogP contribution in [-0.4, -0.2) is 29.8 Å². The van der Waals surface area contributed by atoms with E-state index in [0.29, 0.717) is 0 Å². The monoisotopic (exact) mass is 388 g/mol. The van der Waals surface area contributed by atoms with Gasteiger partial charge in [-0.15, -0.1) is 13.2 Å². The lowest BCUT2D eigenvalue weighted by Crippen LogP contribution is -2.29. The van der Waals surface area contributed by atoms with Crippen molar-refractivity contribution in [3.8, 4) is 5.75 Å². The molecule has 0 fully saturated rings. The normalized spacial score (nSPS) is 10.9. The third-order valence-electron chi connectivity index (χ3n) is 2.97. The number of ether oxygens (including phenoxy) is 2.